The minimum atomic E-state index is -0.730. The van der Waals surface area contributed by atoms with Crippen LogP contribution < -0.4 is 15.5 Å². The van der Waals surface area contributed by atoms with Crippen LogP contribution >= 0.6 is 35.4 Å². The van der Waals surface area contributed by atoms with Gasteiger partial charge in [0.25, 0.3) is 5.91 Å². The lowest BCUT2D eigenvalue weighted by atomic mass is 10.0. The van der Waals surface area contributed by atoms with Crippen LogP contribution in [0.5, 0.6) is 0 Å². The van der Waals surface area contributed by atoms with Gasteiger partial charge in [0, 0.05) is 37.2 Å². The molecular formula is C31H28Cl2N4O3S. The molecule has 0 bridgehead atoms. The Labute approximate surface area is 254 Å². The third kappa shape index (κ3) is 7.82. The summed E-state index contributed by atoms with van der Waals surface area (Å²) in [4.78, 5) is 31.1. The average molecular weight is 608 g/mol. The van der Waals surface area contributed by atoms with E-state index in [0.717, 1.165) is 23.2 Å². The molecule has 10 heteroatoms. The lowest BCUT2D eigenvalue weighted by molar-refractivity contribution is -0.142. The number of ether oxygens (including phenoxy) is 1. The number of halogens is 2. The van der Waals surface area contributed by atoms with Crippen molar-refractivity contribution in [1.82, 2.24) is 10.3 Å². The number of thiocarbonyl (C=S) groups is 1. The van der Waals surface area contributed by atoms with Crippen LogP contribution in [0.1, 0.15) is 27.0 Å². The number of nitrogens with one attached hydrogen (secondary N) is 2. The highest BCUT2D eigenvalue weighted by Crippen LogP contribution is 2.25. The molecule has 0 aliphatic heterocycles. The number of methoxy groups -OCH3 is 1. The maximum atomic E-state index is 12.7. The van der Waals surface area contributed by atoms with Crippen LogP contribution in [0.15, 0.2) is 91.3 Å². The van der Waals surface area contributed by atoms with Crippen LogP contribution in [-0.4, -0.2) is 42.2 Å². The molecule has 1 aromatic heterocycles. The Kier molecular flexibility index (Phi) is 10.3. The second-order valence-electron chi connectivity index (χ2n) is 9.21. The monoisotopic (exact) mass is 606 g/mol. The van der Waals surface area contributed by atoms with Gasteiger partial charge in [0.05, 0.1) is 22.7 Å². The Morgan fingerprint density at radius 1 is 0.927 bits per heavy atom. The molecule has 7 nitrogen and oxygen atoms in total. The number of rotatable bonds is 9. The largest absolute Gasteiger partial charge is 0.467 e. The molecule has 1 amide bonds. The summed E-state index contributed by atoms with van der Waals surface area (Å²) < 4.78 is 5.05. The summed E-state index contributed by atoms with van der Waals surface area (Å²) in [7, 11) is 3.21. The first kappa shape index (κ1) is 30.0. The molecule has 0 radical (unpaired) electrons. The maximum absolute atomic E-state index is 12.7. The van der Waals surface area contributed by atoms with Crippen molar-refractivity contribution in [3.05, 3.63) is 124 Å². The Hall–Kier alpha value is -3.98. The van der Waals surface area contributed by atoms with E-state index >= 15 is 0 Å². The standard InChI is InChI=1S/C31H28Cl2N4O3S/c1-37(27-11-7-6-10-22(27)16-20-8-4-3-5-9-20)31(41)36-26(30(39)40-2)17-21-12-14-23(15-13-21)35-29(38)28-24(32)18-34-19-25(28)33/h3-15,18-19,26H,16-17H2,1-2H3,(H,35,38)(H,36,41)/t26-/m0/s1. The summed E-state index contributed by atoms with van der Waals surface area (Å²) >= 11 is 17.9. The Morgan fingerprint density at radius 3 is 2.22 bits per heavy atom. The van der Waals surface area contributed by atoms with Crippen molar-refractivity contribution in [2.75, 3.05) is 24.4 Å². The number of para-hydroxylation sites is 1. The smallest absolute Gasteiger partial charge is 0.328 e. The summed E-state index contributed by atoms with van der Waals surface area (Å²) in [5.41, 5.74) is 4.74. The lowest BCUT2D eigenvalue weighted by Gasteiger charge is -2.27. The second-order valence-corrected chi connectivity index (χ2v) is 10.4. The van der Waals surface area contributed by atoms with E-state index in [0.29, 0.717) is 17.2 Å². The van der Waals surface area contributed by atoms with Crippen LogP contribution in [0.2, 0.25) is 10.0 Å². The van der Waals surface area contributed by atoms with Crippen LogP contribution in [-0.2, 0) is 22.4 Å². The molecule has 4 rings (SSSR count). The number of nitrogens with zero attached hydrogens (tertiary/aromatic N) is 2. The van der Waals surface area contributed by atoms with Crippen LogP contribution in [0, 0.1) is 0 Å². The van der Waals surface area contributed by atoms with Gasteiger partial charge >= 0.3 is 5.97 Å². The maximum Gasteiger partial charge on any atom is 0.328 e. The molecule has 1 atom stereocenters. The van der Waals surface area contributed by atoms with Gasteiger partial charge in [0.2, 0.25) is 0 Å². The quantitative estimate of drug-likeness (QED) is 0.170. The zero-order valence-electron chi connectivity index (χ0n) is 22.4. The number of carbonyl (C=O) groups is 2. The number of esters is 1. The minimum absolute atomic E-state index is 0.144. The van der Waals surface area contributed by atoms with Crippen molar-refractivity contribution in [2.24, 2.45) is 0 Å². The number of pyridine rings is 1. The first-order valence-electron chi connectivity index (χ1n) is 12.7. The number of anilines is 2. The van der Waals surface area contributed by atoms with Gasteiger partial charge in [-0.15, -0.1) is 0 Å². The SMILES string of the molecule is COC(=O)[C@H](Cc1ccc(NC(=O)c2c(Cl)cncc2Cl)cc1)NC(=S)N(C)c1ccccc1Cc1ccccc1. The summed E-state index contributed by atoms with van der Waals surface area (Å²) in [6.07, 6.45) is 3.76. The van der Waals surface area contributed by atoms with Gasteiger partial charge in [0.15, 0.2) is 5.11 Å². The number of hydrogen-bond donors (Lipinski definition) is 2. The molecule has 3 aromatic carbocycles. The summed E-state index contributed by atoms with van der Waals surface area (Å²) in [6.45, 7) is 0. The summed E-state index contributed by atoms with van der Waals surface area (Å²) in [5, 5.41) is 6.63. The molecule has 4 aromatic rings. The topological polar surface area (TPSA) is 83.6 Å². The van der Waals surface area contributed by atoms with E-state index in [1.54, 1.807) is 12.1 Å². The number of benzene rings is 3. The molecule has 0 aliphatic carbocycles. The second kappa shape index (κ2) is 14.1. The third-order valence-corrected chi connectivity index (χ3v) is 7.38. The molecule has 1 heterocycles. The number of hydrogen-bond acceptors (Lipinski definition) is 5. The predicted octanol–water partition coefficient (Wildman–Crippen LogP) is 6.33. The highest BCUT2D eigenvalue weighted by atomic mass is 35.5. The molecule has 2 N–H and O–H groups in total. The van der Waals surface area contributed by atoms with Crippen LogP contribution in [0.25, 0.3) is 0 Å². The first-order chi connectivity index (χ1) is 19.8. The molecule has 41 heavy (non-hydrogen) atoms. The van der Waals surface area contributed by atoms with E-state index in [1.165, 1.54) is 25.1 Å². The van der Waals surface area contributed by atoms with Crippen LogP contribution in [0.4, 0.5) is 11.4 Å². The van der Waals surface area contributed by atoms with Gasteiger partial charge in [-0.25, -0.2) is 4.79 Å². The Balaban J connectivity index is 1.44. The van der Waals surface area contributed by atoms with E-state index in [1.807, 2.05) is 60.5 Å². The molecule has 0 spiro atoms. The van der Waals surface area contributed by atoms with Crippen LogP contribution in [0.3, 0.4) is 0 Å². The summed E-state index contributed by atoms with van der Waals surface area (Å²) in [5.74, 6) is -0.900. The lowest BCUT2D eigenvalue weighted by Crippen LogP contribution is -2.48. The van der Waals surface area contributed by atoms with Gasteiger partial charge in [-0.05, 0) is 53.5 Å². The van der Waals surface area contributed by atoms with E-state index in [-0.39, 0.29) is 15.6 Å². The van der Waals surface area contributed by atoms with E-state index < -0.39 is 17.9 Å². The fourth-order valence-electron chi connectivity index (χ4n) is 4.28. The van der Waals surface area contributed by atoms with Crippen molar-refractivity contribution in [3.63, 3.8) is 0 Å². The Bertz CT molecular complexity index is 1510. The molecule has 0 saturated carbocycles. The normalized spacial score (nSPS) is 11.3. The van der Waals surface area contributed by atoms with Gasteiger partial charge < -0.3 is 20.3 Å². The molecule has 210 valence electrons. The zero-order valence-corrected chi connectivity index (χ0v) is 24.8. The molecule has 0 fully saturated rings. The van der Waals surface area contributed by atoms with Crippen molar-refractivity contribution >= 4 is 63.8 Å². The first-order valence-corrected chi connectivity index (χ1v) is 13.9. The van der Waals surface area contributed by atoms with Crippen molar-refractivity contribution in [2.45, 2.75) is 18.9 Å². The van der Waals surface area contributed by atoms with Gasteiger partial charge in [0.1, 0.15) is 6.04 Å². The van der Waals surface area contributed by atoms with E-state index in [9.17, 15) is 9.59 Å². The molecule has 0 unspecified atom stereocenters. The highest BCUT2D eigenvalue weighted by molar-refractivity contribution is 7.80. The van der Waals surface area contributed by atoms with E-state index in [2.05, 4.69) is 33.8 Å². The third-order valence-electron chi connectivity index (χ3n) is 6.41. The minimum Gasteiger partial charge on any atom is -0.467 e. The molecule has 0 saturated heterocycles. The summed E-state index contributed by atoms with van der Waals surface area (Å²) in [6, 6.07) is 24.6. The number of aromatic nitrogens is 1. The average Bonchev–Trinajstić information content (AvgIpc) is 2.97. The van der Waals surface area contributed by atoms with Gasteiger partial charge in [-0.2, -0.15) is 0 Å². The number of amides is 1. The van der Waals surface area contributed by atoms with Crippen molar-refractivity contribution in [3.8, 4) is 0 Å². The van der Waals surface area contributed by atoms with E-state index in [4.69, 9.17) is 40.2 Å². The zero-order chi connectivity index (χ0) is 29.4. The molecule has 0 aliphatic rings. The fraction of sp³-hybridized carbons (Fsp3) is 0.161. The number of carbonyl (C=O) groups excluding carboxylic acids is 2. The molecular weight excluding hydrogens is 579 g/mol. The highest BCUT2D eigenvalue weighted by Gasteiger charge is 2.23. The fourth-order valence-corrected chi connectivity index (χ4v) is 5.05. The van der Waals surface area contributed by atoms with Gasteiger partial charge in [-0.3, -0.25) is 9.78 Å². The Morgan fingerprint density at radius 2 is 1.56 bits per heavy atom. The van der Waals surface area contributed by atoms with Gasteiger partial charge in [-0.1, -0.05) is 83.9 Å². The van der Waals surface area contributed by atoms with Crippen molar-refractivity contribution in [1.29, 1.82) is 0 Å². The predicted molar refractivity (Wildman–Crippen MR) is 168 cm³/mol. The van der Waals surface area contributed by atoms with Crippen molar-refractivity contribution < 1.29 is 14.3 Å².